The van der Waals surface area contributed by atoms with E-state index in [1.807, 2.05) is 75.4 Å². The largest absolute Gasteiger partial charge is 0.497 e. The van der Waals surface area contributed by atoms with Crippen LogP contribution in [0.5, 0.6) is 5.75 Å². The molecule has 0 aliphatic carbocycles. The Kier molecular flexibility index (Phi) is 6.68. The lowest BCUT2D eigenvalue weighted by atomic mass is 10.1. The molecule has 7 nitrogen and oxygen atoms in total. The number of anilines is 1. The highest BCUT2D eigenvalue weighted by molar-refractivity contribution is 6.08. The SMILES string of the molecule is COc1ccc(-c2nn(-c3ccccc3)cc2C(=O)Nc2ccc(C(=O)NC(C)(C)C)cc2)cc1. The number of rotatable bonds is 6. The Bertz CT molecular complexity index is 1320. The van der Waals surface area contributed by atoms with Crippen LogP contribution in [-0.4, -0.2) is 34.2 Å². The minimum absolute atomic E-state index is 0.165. The van der Waals surface area contributed by atoms with Gasteiger partial charge in [-0.05, 0) is 81.4 Å². The number of nitrogens with zero attached hydrogens (tertiary/aromatic N) is 2. The molecule has 0 saturated heterocycles. The minimum atomic E-state index is -0.333. The summed E-state index contributed by atoms with van der Waals surface area (Å²) in [6.45, 7) is 5.78. The van der Waals surface area contributed by atoms with Crippen molar-refractivity contribution in [3.05, 3.63) is 96.2 Å². The Labute approximate surface area is 204 Å². The lowest BCUT2D eigenvalue weighted by molar-refractivity contribution is 0.0919. The number of carbonyl (C=O) groups excluding carboxylic acids is 2. The molecule has 0 bridgehead atoms. The maximum Gasteiger partial charge on any atom is 0.259 e. The molecule has 0 atom stereocenters. The van der Waals surface area contributed by atoms with Gasteiger partial charge in [-0.2, -0.15) is 5.10 Å². The van der Waals surface area contributed by atoms with Gasteiger partial charge in [0.05, 0.1) is 18.4 Å². The van der Waals surface area contributed by atoms with Crippen molar-refractivity contribution < 1.29 is 14.3 Å². The number of hydrogen-bond acceptors (Lipinski definition) is 4. The average molecular weight is 469 g/mol. The molecule has 0 spiro atoms. The van der Waals surface area contributed by atoms with Crippen molar-refractivity contribution in [1.29, 1.82) is 0 Å². The Morgan fingerprint density at radius 1 is 0.857 bits per heavy atom. The third-order valence-electron chi connectivity index (χ3n) is 5.24. The van der Waals surface area contributed by atoms with Gasteiger partial charge in [-0.15, -0.1) is 0 Å². The van der Waals surface area contributed by atoms with Crippen LogP contribution in [-0.2, 0) is 0 Å². The fraction of sp³-hybridized carbons (Fsp3) is 0.179. The van der Waals surface area contributed by atoms with E-state index < -0.39 is 0 Å². The van der Waals surface area contributed by atoms with Gasteiger partial charge in [0.25, 0.3) is 11.8 Å². The van der Waals surface area contributed by atoms with Crippen LogP contribution in [0.25, 0.3) is 16.9 Å². The Morgan fingerprint density at radius 2 is 1.51 bits per heavy atom. The van der Waals surface area contributed by atoms with Gasteiger partial charge < -0.3 is 15.4 Å². The van der Waals surface area contributed by atoms with Crippen molar-refractivity contribution in [2.75, 3.05) is 12.4 Å². The highest BCUT2D eigenvalue weighted by Crippen LogP contribution is 2.27. The maximum atomic E-state index is 13.3. The highest BCUT2D eigenvalue weighted by atomic mass is 16.5. The molecule has 0 aliphatic rings. The number of hydrogen-bond donors (Lipinski definition) is 2. The zero-order valence-corrected chi connectivity index (χ0v) is 20.2. The van der Waals surface area contributed by atoms with Crippen LogP contribution in [0.3, 0.4) is 0 Å². The predicted molar refractivity (Wildman–Crippen MR) is 137 cm³/mol. The normalized spacial score (nSPS) is 11.1. The second kappa shape index (κ2) is 9.85. The average Bonchev–Trinajstić information content (AvgIpc) is 3.30. The van der Waals surface area contributed by atoms with E-state index in [9.17, 15) is 9.59 Å². The molecule has 0 aliphatic heterocycles. The Hall–Kier alpha value is -4.39. The first kappa shape index (κ1) is 23.8. The van der Waals surface area contributed by atoms with Gasteiger partial charge in [-0.25, -0.2) is 4.68 Å². The first-order valence-corrected chi connectivity index (χ1v) is 11.3. The van der Waals surface area contributed by atoms with Crippen LogP contribution in [0, 0.1) is 0 Å². The van der Waals surface area contributed by atoms with E-state index in [1.54, 1.807) is 42.3 Å². The molecule has 4 rings (SSSR count). The number of benzene rings is 3. The number of methoxy groups -OCH3 is 1. The Morgan fingerprint density at radius 3 is 2.11 bits per heavy atom. The van der Waals surface area contributed by atoms with E-state index in [0.29, 0.717) is 22.5 Å². The summed E-state index contributed by atoms with van der Waals surface area (Å²) in [5.41, 5.74) is 3.38. The van der Waals surface area contributed by atoms with Crippen LogP contribution < -0.4 is 15.4 Å². The van der Waals surface area contributed by atoms with E-state index in [2.05, 4.69) is 10.6 Å². The van der Waals surface area contributed by atoms with Crippen molar-refractivity contribution >= 4 is 17.5 Å². The number of ether oxygens (including phenoxy) is 1. The molecule has 0 unspecified atom stereocenters. The summed E-state index contributed by atoms with van der Waals surface area (Å²) in [5.74, 6) is 0.254. The summed E-state index contributed by atoms with van der Waals surface area (Å²) in [6, 6.07) is 23.8. The molecule has 7 heteroatoms. The zero-order valence-electron chi connectivity index (χ0n) is 20.2. The number of para-hydroxylation sites is 1. The van der Waals surface area contributed by atoms with Crippen LogP contribution in [0.4, 0.5) is 5.69 Å². The lowest BCUT2D eigenvalue weighted by Crippen LogP contribution is -2.40. The van der Waals surface area contributed by atoms with Crippen molar-refractivity contribution in [3.8, 4) is 22.7 Å². The fourth-order valence-corrected chi connectivity index (χ4v) is 3.53. The van der Waals surface area contributed by atoms with Crippen LogP contribution in [0.1, 0.15) is 41.5 Å². The summed E-state index contributed by atoms with van der Waals surface area (Å²) in [6.07, 6.45) is 1.72. The van der Waals surface area contributed by atoms with Gasteiger partial charge in [-0.3, -0.25) is 9.59 Å². The summed E-state index contributed by atoms with van der Waals surface area (Å²) in [5, 5.41) is 10.6. The quantitative estimate of drug-likeness (QED) is 0.401. The number of carbonyl (C=O) groups is 2. The molecule has 0 saturated carbocycles. The van der Waals surface area contributed by atoms with Gasteiger partial charge in [-0.1, -0.05) is 18.2 Å². The van der Waals surface area contributed by atoms with E-state index in [1.165, 1.54) is 0 Å². The molecule has 1 heterocycles. The van der Waals surface area contributed by atoms with Gasteiger partial charge in [0.1, 0.15) is 11.4 Å². The molecule has 3 aromatic carbocycles. The summed E-state index contributed by atoms with van der Waals surface area (Å²) < 4.78 is 6.94. The van der Waals surface area contributed by atoms with Crippen LogP contribution in [0.2, 0.25) is 0 Å². The first-order chi connectivity index (χ1) is 16.7. The molecule has 4 aromatic rings. The standard InChI is InChI=1S/C28H28N4O3/c1-28(2,3)30-26(33)20-10-14-21(15-11-20)29-27(34)24-18-32(22-8-6-5-7-9-22)31-25(24)19-12-16-23(35-4)17-13-19/h5-18H,1-4H3,(H,29,34)(H,30,33). The van der Waals surface area contributed by atoms with Crippen molar-refractivity contribution in [2.45, 2.75) is 26.3 Å². The molecule has 0 fully saturated rings. The summed E-state index contributed by atoms with van der Waals surface area (Å²) >= 11 is 0. The first-order valence-electron chi connectivity index (χ1n) is 11.3. The topological polar surface area (TPSA) is 85.2 Å². The summed E-state index contributed by atoms with van der Waals surface area (Å²) in [4.78, 5) is 25.7. The van der Waals surface area contributed by atoms with Gasteiger partial charge >= 0.3 is 0 Å². The van der Waals surface area contributed by atoms with Crippen molar-refractivity contribution in [3.63, 3.8) is 0 Å². The molecule has 2 N–H and O–H groups in total. The number of aromatic nitrogens is 2. The molecule has 178 valence electrons. The highest BCUT2D eigenvalue weighted by Gasteiger charge is 2.20. The molecule has 0 radical (unpaired) electrons. The molecule has 2 amide bonds. The van der Waals surface area contributed by atoms with Gasteiger partial charge in [0.2, 0.25) is 0 Å². The number of amides is 2. The smallest absolute Gasteiger partial charge is 0.259 e. The second-order valence-electron chi connectivity index (χ2n) is 9.14. The third kappa shape index (κ3) is 5.76. The predicted octanol–water partition coefficient (Wildman–Crippen LogP) is 5.33. The van der Waals surface area contributed by atoms with Crippen molar-refractivity contribution in [1.82, 2.24) is 15.1 Å². The molecule has 1 aromatic heterocycles. The molecule has 35 heavy (non-hydrogen) atoms. The van der Waals surface area contributed by atoms with Gasteiger partial charge in [0, 0.05) is 28.6 Å². The zero-order chi connectivity index (χ0) is 25.0. The Balaban J connectivity index is 1.62. The van der Waals surface area contributed by atoms with Crippen LogP contribution >= 0.6 is 0 Å². The summed E-state index contributed by atoms with van der Waals surface area (Å²) in [7, 11) is 1.61. The van der Waals surface area contributed by atoms with E-state index in [4.69, 9.17) is 9.84 Å². The number of nitrogens with one attached hydrogen (secondary N) is 2. The monoisotopic (exact) mass is 468 g/mol. The van der Waals surface area contributed by atoms with Gasteiger partial charge in [0.15, 0.2) is 0 Å². The van der Waals surface area contributed by atoms with Crippen molar-refractivity contribution in [2.24, 2.45) is 0 Å². The lowest BCUT2D eigenvalue weighted by Gasteiger charge is -2.20. The third-order valence-corrected chi connectivity index (χ3v) is 5.24. The molecular formula is C28H28N4O3. The van der Waals surface area contributed by atoms with Crippen LogP contribution in [0.15, 0.2) is 85.1 Å². The fourth-order valence-electron chi connectivity index (χ4n) is 3.53. The van der Waals surface area contributed by atoms with E-state index >= 15 is 0 Å². The maximum absolute atomic E-state index is 13.3. The van der Waals surface area contributed by atoms with E-state index in [0.717, 1.165) is 17.0 Å². The van der Waals surface area contributed by atoms with E-state index in [-0.39, 0.29) is 17.4 Å². The minimum Gasteiger partial charge on any atom is -0.497 e. The molecular weight excluding hydrogens is 440 g/mol. The second-order valence-corrected chi connectivity index (χ2v) is 9.14.